The van der Waals surface area contributed by atoms with Crippen LogP contribution in [-0.2, 0) is 4.79 Å². The summed E-state index contributed by atoms with van der Waals surface area (Å²) < 4.78 is 0. The van der Waals surface area contributed by atoms with Gasteiger partial charge in [-0.2, -0.15) is 0 Å². The van der Waals surface area contributed by atoms with Gasteiger partial charge < -0.3 is 10.4 Å². The van der Waals surface area contributed by atoms with Gasteiger partial charge >= 0.3 is 5.97 Å². The summed E-state index contributed by atoms with van der Waals surface area (Å²) >= 11 is 1.82. The second-order valence-corrected chi connectivity index (χ2v) is 6.28. The standard InChI is InChI=1S/C15H21NO2S/c1-2-19-14-9-4-3-8-13(14)16-12-7-5-6-11(10-12)15(17)18/h3-4,8-9,11-12,16H,2,5-7,10H2,1H3,(H,17,18). The molecule has 4 heteroatoms. The van der Waals surface area contributed by atoms with Crippen LogP contribution in [0.1, 0.15) is 32.6 Å². The minimum atomic E-state index is -0.650. The molecule has 1 fully saturated rings. The number of carboxylic acid groups (broad SMARTS) is 1. The predicted molar refractivity (Wildman–Crippen MR) is 79.8 cm³/mol. The van der Waals surface area contributed by atoms with Crippen molar-refractivity contribution in [1.29, 1.82) is 0 Å². The van der Waals surface area contributed by atoms with E-state index in [1.807, 2.05) is 23.9 Å². The minimum absolute atomic E-state index is 0.183. The molecule has 1 aromatic rings. The van der Waals surface area contributed by atoms with Gasteiger partial charge in [-0.05, 0) is 37.1 Å². The smallest absolute Gasteiger partial charge is 0.306 e. The number of hydrogen-bond acceptors (Lipinski definition) is 3. The molecule has 0 aliphatic heterocycles. The molecule has 0 heterocycles. The summed E-state index contributed by atoms with van der Waals surface area (Å²) in [5, 5.41) is 12.7. The maximum atomic E-state index is 11.1. The number of rotatable bonds is 5. The molecule has 2 rings (SSSR count). The molecule has 3 nitrogen and oxygen atoms in total. The fraction of sp³-hybridized carbons (Fsp3) is 0.533. The monoisotopic (exact) mass is 279 g/mol. The van der Waals surface area contributed by atoms with Crippen LogP contribution in [-0.4, -0.2) is 22.9 Å². The van der Waals surface area contributed by atoms with Gasteiger partial charge in [0, 0.05) is 16.6 Å². The van der Waals surface area contributed by atoms with Gasteiger partial charge in [0.1, 0.15) is 0 Å². The van der Waals surface area contributed by atoms with Crippen LogP contribution in [0.25, 0.3) is 0 Å². The van der Waals surface area contributed by atoms with Crippen LogP contribution in [0.3, 0.4) is 0 Å². The molecule has 1 saturated carbocycles. The second kappa shape index (κ2) is 6.85. The third-order valence-corrected chi connectivity index (χ3v) is 4.53. The molecule has 1 aromatic carbocycles. The molecule has 2 atom stereocenters. The van der Waals surface area contributed by atoms with Crippen LogP contribution in [0.2, 0.25) is 0 Å². The molecular formula is C15H21NO2S. The number of hydrogen-bond donors (Lipinski definition) is 2. The summed E-state index contributed by atoms with van der Waals surface area (Å²) in [5.41, 5.74) is 1.14. The number of anilines is 1. The van der Waals surface area contributed by atoms with E-state index in [1.165, 1.54) is 4.90 Å². The highest BCUT2D eigenvalue weighted by Crippen LogP contribution is 2.31. The van der Waals surface area contributed by atoms with Gasteiger partial charge in [-0.3, -0.25) is 4.79 Å². The first-order valence-electron chi connectivity index (χ1n) is 6.92. The number of aliphatic carboxylic acids is 1. The van der Waals surface area contributed by atoms with Crippen molar-refractivity contribution in [2.45, 2.75) is 43.5 Å². The highest BCUT2D eigenvalue weighted by atomic mass is 32.2. The molecule has 0 spiro atoms. The number of thioether (sulfide) groups is 1. The van der Waals surface area contributed by atoms with Crippen molar-refractivity contribution >= 4 is 23.4 Å². The molecule has 0 radical (unpaired) electrons. The van der Waals surface area contributed by atoms with E-state index in [9.17, 15) is 4.79 Å². The van der Waals surface area contributed by atoms with Crippen molar-refractivity contribution in [2.75, 3.05) is 11.1 Å². The molecule has 2 unspecified atom stereocenters. The molecular weight excluding hydrogens is 258 g/mol. The van der Waals surface area contributed by atoms with Gasteiger partial charge in [-0.1, -0.05) is 25.5 Å². The van der Waals surface area contributed by atoms with Gasteiger partial charge in [0.25, 0.3) is 0 Å². The Bertz CT molecular complexity index is 436. The first-order chi connectivity index (χ1) is 9.20. The molecule has 0 saturated heterocycles. The lowest BCUT2D eigenvalue weighted by Gasteiger charge is -2.28. The van der Waals surface area contributed by atoms with Gasteiger partial charge in [0.15, 0.2) is 0 Å². The number of para-hydroxylation sites is 1. The lowest BCUT2D eigenvalue weighted by molar-refractivity contribution is -0.142. The van der Waals surface area contributed by atoms with Crippen molar-refractivity contribution < 1.29 is 9.90 Å². The van der Waals surface area contributed by atoms with Crippen molar-refractivity contribution in [3.05, 3.63) is 24.3 Å². The average molecular weight is 279 g/mol. The first kappa shape index (κ1) is 14.3. The highest BCUT2D eigenvalue weighted by Gasteiger charge is 2.27. The summed E-state index contributed by atoms with van der Waals surface area (Å²) in [6.45, 7) is 2.14. The molecule has 0 amide bonds. The number of benzene rings is 1. The van der Waals surface area contributed by atoms with E-state index in [2.05, 4.69) is 24.4 Å². The number of carbonyl (C=O) groups is 1. The predicted octanol–water partition coefficient (Wildman–Crippen LogP) is 3.85. The summed E-state index contributed by atoms with van der Waals surface area (Å²) in [4.78, 5) is 12.3. The molecule has 1 aliphatic rings. The third-order valence-electron chi connectivity index (χ3n) is 3.57. The van der Waals surface area contributed by atoms with Gasteiger partial charge in [0.2, 0.25) is 0 Å². The molecule has 1 aliphatic carbocycles. The maximum Gasteiger partial charge on any atom is 0.306 e. The Hall–Kier alpha value is -1.16. The van der Waals surface area contributed by atoms with E-state index in [0.29, 0.717) is 0 Å². The molecule has 0 bridgehead atoms. The van der Waals surface area contributed by atoms with Gasteiger partial charge in [-0.25, -0.2) is 0 Å². The largest absolute Gasteiger partial charge is 0.481 e. The Labute approximate surface area is 118 Å². The van der Waals surface area contributed by atoms with E-state index < -0.39 is 5.97 Å². The lowest BCUT2D eigenvalue weighted by Crippen LogP contribution is -2.31. The summed E-state index contributed by atoms with van der Waals surface area (Å²) in [6.07, 6.45) is 3.62. The summed E-state index contributed by atoms with van der Waals surface area (Å²) in [7, 11) is 0. The SMILES string of the molecule is CCSc1ccccc1NC1CCCC(C(=O)O)C1. The number of carboxylic acids is 1. The van der Waals surface area contributed by atoms with E-state index in [4.69, 9.17) is 5.11 Å². The quantitative estimate of drug-likeness (QED) is 0.804. The van der Waals surface area contributed by atoms with Crippen LogP contribution < -0.4 is 5.32 Å². The molecule has 2 N–H and O–H groups in total. The molecule has 19 heavy (non-hydrogen) atoms. The van der Waals surface area contributed by atoms with Gasteiger partial charge in [-0.15, -0.1) is 11.8 Å². The topological polar surface area (TPSA) is 49.3 Å². The van der Waals surface area contributed by atoms with Gasteiger partial charge in [0.05, 0.1) is 5.92 Å². The van der Waals surface area contributed by atoms with Crippen molar-refractivity contribution in [2.24, 2.45) is 5.92 Å². The number of nitrogens with one attached hydrogen (secondary N) is 1. The Morgan fingerprint density at radius 1 is 1.42 bits per heavy atom. The fourth-order valence-corrected chi connectivity index (χ4v) is 3.40. The Kier molecular flexibility index (Phi) is 5.14. The van der Waals surface area contributed by atoms with Crippen LogP contribution >= 0.6 is 11.8 Å². The van der Waals surface area contributed by atoms with E-state index >= 15 is 0 Å². The third kappa shape index (κ3) is 3.90. The van der Waals surface area contributed by atoms with Crippen LogP contribution in [0.4, 0.5) is 5.69 Å². The Morgan fingerprint density at radius 2 is 2.21 bits per heavy atom. The van der Waals surface area contributed by atoms with E-state index in [0.717, 1.165) is 37.1 Å². The Balaban J connectivity index is 2.02. The second-order valence-electron chi connectivity index (χ2n) is 4.97. The van der Waals surface area contributed by atoms with Crippen molar-refractivity contribution in [3.63, 3.8) is 0 Å². The van der Waals surface area contributed by atoms with Crippen LogP contribution in [0, 0.1) is 5.92 Å². The molecule has 0 aromatic heterocycles. The lowest BCUT2D eigenvalue weighted by atomic mass is 9.85. The fourth-order valence-electron chi connectivity index (χ4n) is 2.63. The summed E-state index contributed by atoms with van der Waals surface area (Å²) in [6, 6.07) is 8.56. The van der Waals surface area contributed by atoms with E-state index in [1.54, 1.807) is 0 Å². The maximum absolute atomic E-state index is 11.1. The minimum Gasteiger partial charge on any atom is -0.481 e. The zero-order valence-electron chi connectivity index (χ0n) is 11.3. The Morgan fingerprint density at radius 3 is 2.95 bits per heavy atom. The van der Waals surface area contributed by atoms with Crippen LogP contribution in [0.5, 0.6) is 0 Å². The summed E-state index contributed by atoms with van der Waals surface area (Å²) in [5.74, 6) is 0.209. The highest BCUT2D eigenvalue weighted by molar-refractivity contribution is 7.99. The van der Waals surface area contributed by atoms with Crippen LogP contribution in [0.15, 0.2) is 29.2 Å². The zero-order valence-corrected chi connectivity index (χ0v) is 12.1. The zero-order chi connectivity index (χ0) is 13.7. The van der Waals surface area contributed by atoms with E-state index in [-0.39, 0.29) is 12.0 Å². The average Bonchev–Trinajstić information content (AvgIpc) is 2.41. The first-order valence-corrected chi connectivity index (χ1v) is 7.90. The normalized spacial score (nSPS) is 23.0. The molecule has 104 valence electrons. The van der Waals surface area contributed by atoms with Crippen molar-refractivity contribution in [3.8, 4) is 0 Å². The van der Waals surface area contributed by atoms with Crippen molar-refractivity contribution in [1.82, 2.24) is 0 Å².